The van der Waals surface area contributed by atoms with Crippen LogP contribution in [0.3, 0.4) is 0 Å². The fraction of sp³-hybridized carbons (Fsp3) is 0.393. The minimum atomic E-state index is -0.440. The Labute approximate surface area is 251 Å². The van der Waals surface area contributed by atoms with Crippen molar-refractivity contribution in [2.75, 3.05) is 67.8 Å². The van der Waals surface area contributed by atoms with Crippen molar-refractivity contribution >= 4 is 23.0 Å². The first-order valence-electron chi connectivity index (χ1n) is 12.5. The molecule has 9 nitrogen and oxygen atoms in total. The van der Waals surface area contributed by atoms with Crippen molar-refractivity contribution in [1.82, 2.24) is 0 Å². The van der Waals surface area contributed by atoms with Crippen LogP contribution in [-0.2, 0) is 4.74 Å². The van der Waals surface area contributed by atoms with E-state index < -0.39 is 6.10 Å². The number of ether oxygens (including phenoxy) is 6. The number of hydrogen-bond donors (Lipinski definition) is 2. The summed E-state index contributed by atoms with van der Waals surface area (Å²) >= 11 is 1.46. The summed E-state index contributed by atoms with van der Waals surface area (Å²) < 4.78 is 33.9. The monoisotopic (exact) mass is 614 g/mol. The van der Waals surface area contributed by atoms with E-state index in [0.29, 0.717) is 35.1 Å². The van der Waals surface area contributed by atoms with Gasteiger partial charge < -0.3 is 58.1 Å². The molecule has 220 valence electrons. The van der Waals surface area contributed by atoms with Gasteiger partial charge in [0, 0.05) is 23.6 Å². The lowest BCUT2D eigenvalue weighted by Gasteiger charge is -2.31. The Morgan fingerprint density at radius 3 is 2.10 bits per heavy atom. The Bertz CT molecular complexity index is 1170. The molecule has 1 unspecified atom stereocenters. The molecule has 1 aliphatic heterocycles. The van der Waals surface area contributed by atoms with Gasteiger partial charge in [-0.2, -0.15) is 11.3 Å². The highest BCUT2D eigenvalue weighted by atomic mass is 35.5. The maximum atomic E-state index is 12.8. The van der Waals surface area contributed by atoms with Crippen LogP contribution in [-0.4, -0.2) is 79.8 Å². The third kappa shape index (κ3) is 8.31. The predicted molar refractivity (Wildman–Crippen MR) is 144 cm³/mol. The molecule has 2 N–H and O–H groups in total. The zero-order valence-electron chi connectivity index (χ0n) is 23.0. The Morgan fingerprint density at radius 1 is 0.875 bits per heavy atom. The number of nitrogens with one attached hydrogen (secondary N) is 2. The first kappa shape index (κ1) is 33.3. The molecule has 12 heteroatoms. The van der Waals surface area contributed by atoms with E-state index in [0.717, 1.165) is 31.9 Å². The maximum Gasteiger partial charge on any atom is 0.339 e. The zero-order chi connectivity index (χ0) is 26.9. The minimum Gasteiger partial charge on any atom is -1.00 e. The molecule has 0 amide bonds. The van der Waals surface area contributed by atoms with E-state index in [2.05, 4.69) is 6.07 Å². The number of rotatable bonds is 12. The molecular weight excluding hydrogens is 579 g/mol. The van der Waals surface area contributed by atoms with Gasteiger partial charge in [-0.15, -0.1) is 0 Å². The summed E-state index contributed by atoms with van der Waals surface area (Å²) in [6.07, 6.45) is -0.440. The van der Waals surface area contributed by atoms with Gasteiger partial charge in [0.05, 0.1) is 34.0 Å². The van der Waals surface area contributed by atoms with Crippen LogP contribution in [0.15, 0.2) is 53.2 Å². The van der Waals surface area contributed by atoms with Crippen molar-refractivity contribution < 1.29 is 67.8 Å². The molecule has 0 bridgehead atoms. The molecule has 2 heterocycles. The van der Waals surface area contributed by atoms with Crippen molar-refractivity contribution in [1.29, 1.82) is 0 Å². The summed E-state index contributed by atoms with van der Waals surface area (Å²) in [4.78, 5) is 15.6. The fourth-order valence-electron chi connectivity index (χ4n) is 4.70. The molecule has 1 aromatic heterocycles. The number of benzene rings is 2. The molecule has 2 aromatic carbocycles. The van der Waals surface area contributed by atoms with Crippen molar-refractivity contribution in [3.05, 3.63) is 58.8 Å². The number of thiophene rings is 1. The number of quaternary nitrogens is 2. The zero-order valence-corrected chi connectivity index (χ0v) is 25.4. The number of carbonyl (C=O) groups excluding carboxylic acids is 1. The van der Waals surface area contributed by atoms with Gasteiger partial charge >= 0.3 is 5.97 Å². The summed E-state index contributed by atoms with van der Waals surface area (Å²) in [7, 11) is 6.38. The summed E-state index contributed by atoms with van der Waals surface area (Å²) in [5.74, 6) is 2.58. The SMILES string of the molecule is COc1ccccc1[NH+]1CC[NH+](CC(COc2cc(OC)c(OC)c(OC)c2)OC(=O)c2ccsc2)CC1.[Cl-].[Cl-]. The molecule has 1 atom stereocenters. The van der Waals surface area contributed by atoms with Crippen molar-refractivity contribution in [3.8, 4) is 28.7 Å². The van der Waals surface area contributed by atoms with E-state index in [1.165, 1.54) is 26.8 Å². The molecular formula is C28H36Cl2N2O7S. The van der Waals surface area contributed by atoms with Crippen LogP contribution in [0.25, 0.3) is 0 Å². The van der Waals surface area contributed by atoms with Gasteiger partial charge in [-0.25, -0.2) is 4.79 Å². The van der Waals surface area contributed by atoms with Gasteiger partial charge in [-0.1, -0.05) is 12.1 Å². The lowest BCUT2D eigenvalue weighted by molar-refractivity contribution is -0.987. The largest absolute Gasteiger partial charge is 1.00 e. The van der Waals surface area contributed by atoms with Gasteiger partial charge in [0.25, 0.3) is 0 Å². The van der Waals surface area contributed by atoms with E-state index in [1.807, 2.05) is 23.6 Å². The van der Waals surface area contributed by atoms with Gasteiger partial charge in [-0.05, 0) is 17.5 Å². The van der Waals surface area contributed by atoms with Gasteiger partial charge in [0.1, 0.15) is 45.1 Å². The molecule has 4 rings (SSSR count). The van der Waals surface area contributed by atoms with E-state index >= 15 is 0 Å². The standard InChI is InChI=1S/C28H34N2O7S.2ClH/c1-32-24-8-6-5-7-23(24)30-12-10-29(11-13-30)17-22(37-28(31)20-9-14-38-19-20)18-36-21-15-25(33-2)27(35-4)26(16-21)34-3;;/h5-9,14-16,19,22H,10-13,17-18H2,1-4H3;2*1H. The average Bonchev–Trinajstić information content (AvgIpc) is 3.51. The number of carbonyl (C=O) groups is 1. The third-order valence-corrected chi connectivity index (χ3v) is 7.35. The third-order valence-electron chi connectivity index (χ3n) is 6.67. The second kappa shape index (κ2) is 16.4. The molecule has 1 saturated heterocycles. The maximum absolute atomic E-state index is 12.8. The number of hydrogen-bond acceptors (Lipinski definition) is 8. The first-order valence-corrected chi connectivity index (χ1v) is 13.5. The Morgan fingerprint density at radius 2 is 1.52 bits per heavy atom. The van der Waals surface area contributed by atoms with Gasteiger partial charge in [0.15, 0.2) is 29.0 Å². The van der Waals surface area contributed by atoms with Crippen molar-refractivity contribution in [2.24, 2.45) is 0 Å². The van der Waals surface area contributed by atoms with Gasteiger partial charge in [-0.3, -0.25) is 4.90 Å². The quantitative estimate of drug-likeness (QED) is 0.199. The fourth-order valence-corrected chi connectivity index (χ4v) is 5.33. The summed E-state index contributed by atoms with van der Waals surface area (Å²) in [5.41, 5.74) is 1.73. The van der Waals surface area contributed by atoms with Crippen molar-refractivity contribution in [3.63, 3.8) is 0 Å². The van der Waals surface area contributed by atoms with Crippen LogP contribution >= 0.6 is 11.3 Å². The normalized spacial score (nSPS) is 16.9. The lowest BCUT2D eigenvalue weighted by atomic mass is 10.2. The van der Waals surface area contributed by atoms with E-state index in [1.54, 1.807) is 52.0 Å². The summed E-state index contributed by atoms with van der Waals surface area (Å²) in [6.45, 7) is 4.61. The highest BCUT2D eigenvalue weighted by Gasteiger charge is 2.30. The van der Waals surface area contributed by atoms with Crippen LogP contribution in [0.4, 0.5) is 5.69 Å². The molecule has 0 aliphatic carbocycles. The smallest absolute Gasteiger partial charge is 0.339 e. The Hall–Kier alpha value is -2.89. The van der Waals surface area contributed by atoms with E-state index in [-0.39, 0.29) is 37.4 Å². The summed E-state index contributed by atoms with van der Waals surface area (Å²) in [5, 5.41) is 3.66. The van der Waals surface area contributed by atoms with E-state index in [9.17, 15) is 4.79 Å². The van der Waals surface area contributed by atoms with Crippen LogP contribution in [0, 0.1) is 0 Å². The predicted octanol–water partition coefficient (Wildman–Crippen LogP) is -4.49. The van der Waals surface area contributed by atoms with Crippen LogP contribution in [0.5, 0.6) is 28.7 Å². The highest BCUT2D eigenvalue weighted by molar-refractivity contribution is 7.08. The molecule has 1 fully saturated rings. The number of esters is 1. The second-order valence-electron chi connectivity index (χ2n) is 8.97. The van der Waals surface area contributed by atoms with Crippen LogP contribution in [0.2, 0.25) is 0 Å². The lowest BCUT2D eigenvalue weighted by Crippen LogP contribution is -3.26. The first-order chi connectivity index (χ1) is 18.6. The van der Waals surface area contributed by atoms with Crippen LogP contribution in [0.1, 0.15) is 10.4 Å². The number of halogens is 2. The Kier molecular flexibility index (Phi) is 13.7. The summed E-state index contributed by atoms with van der Waals surface area (Å²) in [6, 6.07) is 13.4. The van der Waals surface area contributed by atoms with Crippen molar-refractivity contribution in [2.45, 2.75) is 6.10 Å². The molecule has 1 aliphatic rings. The topological polar surface area (TPSA) is 81.3 Å². The molecule has 0 radical (unpaired) electrons. The Balaban J connectivity index is 0.00000280. The highest BCUT2D eigenvalue weighted by Crippen LogP contribution is 2.40. The second-order valence-corrected chi connectivity index (χ2v) is 9.75. The molecule has 0 spiro atoms. The minimum absolute atomic E-state index is 0. The number of piperazine rings is 1. The molecule has 0 saturated carbocycles. The number of para-hydroxylation sites is 2. The number of methoxy groups -OCH3 is 4. The molecule has 3 aromatic rings. The average molecular weight is 616 g/mol. The van der Waals surface area contributed by atoms with Gasteiger partial charge in [0.2, 0.25) is 5.75 Å². The molecule has 40 heavy (non-hydrogen) atoms. The van der Waals surface area contributed by atoms with Crippen LogP contribution < -0.4 is 58.3 Å². The van der Waals surface area contributed by atoms with E-state index in [4.69, 9.17) is 28.4 Å².